The molecule has 37 heavy (non-hydrogen) atoms. The Morgan fingerprint density at radius 1 is 1.05 bits per heavy atom. The van der Waals surface area contributed by atoms with Gasteiger partial charge in [-0.1, -0.05) is 62.2 Å². The Bertz CT molecular complexity index is 1210. The lowest BCUT2D eigenvalue weighted by Crippen LogP contribution is -2.53. The van der Waals surface area contributed by atoms with Crippen molar-refractivity contribution in [2.75, 3.05) is 31.5 Å². The van der Waals surface area contributed by atoms with Gasteiger partial charge in [0.15, 0.2) is 0 Å². The van der Waals surface area contributed by atoms with Crippen molar-refractivity contribution in [3.63, 3.8) is 0 Å². The van der Waals surface area contributed by atoms with E-state index in [1.54, 1.807) is 25.1 Å². The van der Waals surface area contributed by atoms with Crippen LogP contribution in [0.2, 0.25) is 10.0 Å². The molecule has 2 rings (SSSR count). The Kier molecular flexibility index (Phi) is 11.2. The Morgan fingerprint density at radius 2 is 1.70 bits per heavy atom. The molecule has 1 N–H and O–H groups in total. The molecule has 0 saturated heterocycles. The summed E-state index contributed by atoms with van der Waals surface area (Å²) < 4.78 is 42.6. The smallest absolute Gasteiger partial charge is 0.304 e. The van der Waals surface area contributed by atoms with E-state index in [9.17, 15) is 22.4 Å². The second-order valence-corrected chi connectivity index (χ2v) is 12.0. The number of halogens is 3. The molecule has 0 aliphatic rings. The summed E-state index contributed by atoms with van der Waals surface area (Å²) in [4.78, 5) is 28.1. The van der Waals surface area contributed by atoms with Gasteiger partial charge in [0.05, 0.1) is 15.7 Å². The summed E-state index contributed by atoms with van der Waals surface area (Å²) in [6.07, 6.45) is 0.261. The van der Waals surface area contributed by atoms with Crippen molar-refractivity contribution in [2.24, 2.45) is 5.92 Å². The van der Waals surface area contributed by atoms with Crippen LogP contribution in [0.15, 0.2) is 42.5 Å². The van der Waals surface area contributed by atoms with Crippen LogP contribution in [0.3, 0.4) is 0 Å². The van der Waals surface area contributed by atoms with Crippen LogP contribution >= 0.6 is 23.2 Å². The van der Waals surface area contributed by atoms with Gasteiger partial charge in [0, 0.05) is 27.2 Å². The van der Waals surface area contributed by atoms with Crippen molar-refractivity contribution >= 4 is 50.9 Å². The van der Waals surface area contributed by atoms with Crippen LogP contribution in [0.1, 0.15) is 32.8 Å². The lowest BCUT2D eigenvalue weighted by molar-refractivity contribution is -0.140. The summed E-state index contributed by atoms with van der Waals surface area (Å²) in [7, 11) is -1.69. The monoisotopic (exact) mass is 574 g/mol. The van der Waals surface area contributed by atoms with Crippen molar-refractivity contribution in [3.05, 3.63) is 63.9 Å². The molecular formula is C25H33Cl2FN4O4S. The minimum atomic E-state index is -4.26. The predicted octanol–water partition coefficient (Wildman–Crippen LogP) is 4.32. The van der Waals surface area contributed by atoms with E-state index in [1.165, 1.54) is 37.2 Å². The van der Waals surface area contributed by atoms with Gasteiger partial charge in [0.1, 0.15) is 18.4 Å². The van der Waals surface area contributed by atoms with Crippen molar-refractivity contribution in [1.29, 1.82) is 0 Å². The third-order valence-electron chi connectivity index (χ3n) is 5.55. The lowest BCUT2D eigenvalue weighted by atomic mass is 10.1. The molecule has 2 aromatic carbocycles. The predicted molar refractivity (Wildman–Crippen MR) is 145 cm³/mol. The largest absolute Gasteiger partial charge is 0.354 e. The lowest BCUT2D eigenvalue weighted by Gasteiger charge is -2.34. The molecule has 2 amide bonds. The van der Waals surface area contributed by atoms with Crippen LogP contribution in [0, 0.1) is 11.7 Å². The highest BCUT2D eigenvalue weighted by molar-refractivity contribution is 7.90. The van der Waals surface area contributed by atoms with Crippen LogP contribution in [0.4, 0.5) is 10.1 Å². The van der Waals surface area contributed by atoms with Crippen LogP contribution in [-0.2, 0) is 26.3 Å². The zero-order valence-electron chi connectivity index (χ0n) is 21.5. The summed E-state index contributed by atoms with van der Waals surface area (Å²) >= 11 is 12.2. The molecule has 0 spiro atoms. The molecule has 0 heterocycles. The van der Waals surface area contributed by atoms with Crippen molar-refractivity contribution in [3.8, 4) is 0 Å². The Balaban J connectivity index is 2.52. The fourth-order valence-electron chi connectivity index (χ4n) is 3.53. The summed E-state index contributed by atoms with van der Waals surface area (Å²) in [6.45, 7) is 5.27. The molecular weight excluding hydrogens is 542 g/mol. The van der Waals surface area contributed by atoms with Gasteiger partial charge >= 0.3 is 10.2 Å². The number of hydrogen-bond acceptors (Lipinski definition) is 4. The second kappa shape index (κ2) is 13.4. The van der Waals surface area contributed by atoms with E-state index in [4.69, 9.17) is 23.2 Å². The van der Waals surface area contributed by atoms with Gasteiger partial charge in [-0.3, -0.25) is 9.59 Å². The maximum absolute atomic E-state index is 14.7. The van der Waals surface area contributed by atoms with Gasteiger partial charge in [-0.05, 0) is 42.2 Å². The number of rotatable bonds is 12. The maximum atomic E-state index is 14.7. The Morgan fingerprint density at radius 3 is 2.24 bits per heavy atom. The quantitative estimate of drug-likeness (QED) is 0.408. The molecule has 0 fully saturated rings. The van der Waals surface area contributed by atoms with Gasteiger partial charge in [-0.2, -0.15) is 12.7 Å². The second-order valence-electron chi connectivity index (χ2n) is 9.08. The van der Waals surface area contributed by atoms with Crippen molar-refractivity contribution in [1.82, 2.24) is 14.5 Å². The van der Waals surface area contributed by atoms with Gasteiger partial charge in [0.2, 0.25) is 11.8 Å². The molecule has 2 aromatic rings. The number of carbonyl (C=O) groups excluding carboxylic acids is 2. The van der Waals surface area contributed by atoms with Gasteiger partial charge in [-0.15, -0.1) is 0 Å². The fourth-order valence-corrected chi connectivity index (χ4v) is 4.92. The molecule has 0 aromatic heterocycles. The topological polar surface area (TPSA) is 90.0 Å². The number of carbonyl (C=O) groups is 2. The van der Waals surface area contributed by atoms with E-state index in [1.807, 2.05) is 13.8 Å². The van der Waals surface area contributed by atoms with Crippen LogP contribution in [-0.4, -0.2) is 62.7 Å². The van der Waals surface area contributed by atoms with Crippen LogP contribution in [0.25, 0.3) is 0 Å². The fraction of sp³-hybridized carbons (Fsp3) is 0.440. The number of benzene rings is 2. The summed E-state index contributed by atoms with van der Waals surface area (Å²) in [6, 6.07) is 9.19. The number of hydrogen-bond donors (Lipinski definition) is 1. The summed E-state index contributed by atoms with van der Waals surface area (Å²) in [5.41, 5.74) is 0.308. The molecule has 12 heteroatoms. The number of nitrogens with zero attached hydrogens (tertiary/aromatic N) is 3. The standard InChI is InChI=1S/C25H33Cl2FN4O4S/c1-6-22(25(34)29-14-17(2)3)31(15-18-11-12-19(26)20(27)13-18)24(33)16-32(37(35,36)30(4)5)23-10-8-7-9-21(23)28/h7-13,17,22H,6,14-16H2,1-5H3,(H,29,34). The normalized spacial score (nSPS) is 12.5. The van der Waals surface area contributed by atoms with Gasteiger partial charge in [0.25, 0.3) is 0 Å². The third kappa shape index (κ3) is 8.04. The molecule has 1 atom stereocenters. The van der Waals surface area contributed by atoms with Crippen molar-refractivity contribution < 1.29 is 22.4 Å². The van der Waals surface area contributed by atoms with E-state index in [-0.39, 0.29) is 35.5 Å². The van der Waals surface area contributed by atoms with Crippen LogP contribution < -0.4 is 9.62 Å². The molecule has 8 nitrogen and oxygen atoms in total. The van der Waals surface area contributed by atoms with E-state index in [2.05, 4.69) is 5.32 Å². The minimum Gasteiger partial charge on any atom is -0.354 e. The third-order valence-corrected chi connectivity index (χ3v) is 8.09. The van der Waals surface area contributed by atoms with Crippen LogP contribution in [0.5, 0.6) is 0 Å². The average molecular weight is 576 g/mol. The highest BCUT2D eigenvalue weighted by Gasteiger charge is 2.34. The van der Waals surface area contributed by atoms with Crippen molar-refractivity contribution in [2.45, 2.75) is 39.8 Å². The van der Waals surface area contributed by atoms with E-state index in [0.29, 0.717) is 21.4 Å². The van der Waals surface area contributed by atoms with E-state index in [0.717, 1.165) is 10.4 Å². The van der Waals surface area contributed by atoms with Gasteiger partial charge < -0.3 is 10.2 Å². The molecule has 1 unspecified atom stereocenters. The first-order valence-electron chi connectivity index (χ1n) is 11.7. The zero-order chi connectivity index (χ0) is 27.9. The first kappa shape index (κ1) is 30.8. The molecule has 0 aliphatic heterocycles. The first-order chi connectivity index (χ1) is 17.3. The molecule has 0 radical (unpaired) electrons. The highest BCUT2D eigenvalue weighted by atomic mass is 35.5. The number of nitrogens with one attached hydrogen (secondary N) is 1. The number of anilines is 1. The first-order valence-corrected chi connectivity index (χ1v) is 13.9. The zero-order valence-corrected chi connectivity index (χ0v) is 23.9. The SMILES string of the molecule is CCC(C(=O)NCC(C)C)N(Cc1ccc(Cl)c(Cl)c1)C(=O)CN(c1ccccc1F)S(=O)(=O)N(C)C. The molecule has 0 aliphatic carbocycles. The molecule has 0 bridgehead atoms. The Hall–Kier alpha value is -2.40. The number of para-hydroxylation sites is 1. The summed E-state index contributed by atoms with van der Waals surface area (Å²) in [5.74, 6) is -1.69. The average Bonchev–Trinajstić information content (AvgIpc) is 2.83. The number of amides is 2. The molecule has 204 valence electrons. The molecule has 0 saturated carbocycles. The summed E-state index contributed by atoms with van der Waals surface area (Å²) in [5, 5.41) is 3.43. The van der Waals surface area contributed by atoms with E-state index < -0.39 is 34.5 Å². The maximum Gasteiger partial charge on any atom is 0.304 e. The highest BCUT2D eigenvalue weighted by Crippen LogP contribution is 2.26. The Labute approximate surface area is 228 Å². The van der Waals surface area contributed by atoms with Gasteiger partial charge in [-0.25, -0.2) is 8.70 Å². The van der Waals surface area contributed by atoms with E-state index >= 15 is 0 Å². The minimum absolute atomic E-state index is 0.0452.